The lowest BCUT2D eigenvalue weighted by Gasteiger charge is -2.08. The van der Waals surface area contributed by atoms with Gasteiger partial charge in [-0.25, -0.2) is 8.42 Å². The number of rotatable bonds is 5. The standard InChI is InChI=1S/C15H12Cl2N2O3S/c16-12-4-1-10(2-5-12)7-8-23(21,22)19-14-9-11(15(18)20)3-6-13(14)17/h1-9,19H,(H2,18,20)/b8-7+. The summed E-state index contributed by atoms with van der Waals surface area (Å²) in [5.74, 6) is -0.682. The molecule has 0 heterocycles. The van der Waals surface area contributed by atoms with E-state index in [2.05, 4.69) is 4.72 Å². The molecule has 0 fully saturated rings. The highest BCUT2D eigenvalue weighted by Gasteiger charge is 2.11. The minimum Gasteiger partial charge on any atom is -0.366 e. The number of hydrogen-bond donors (Lipinski definition) is 2. The summed E-state index contributed by atoms with van der Waals surface area (Å²) in [7, 11) is -3.81. The Labute approximate surface area is 143 Å². The third-order valence-electron chi connectivity index (χ3n) is 2.81. The predicted octanol–water partition coefficient (Wildman–Crippen LogP) is 3.50. The van der Waals surface area contributed by atoms with Gasteiger partial charge in [0, 0.05) is 10.6 Å². The van der Waals surface area contributed by atoms with Crippen LogP contribution in [0.15, 0.2) is 47.9 Å². The van der Waals surface area contributed by atoms with Gasteiger partial charge in [-0.05, 0) is 42.0 Å². The molecule has 2 aromatic rings. The molecule has 0 unspecified atom stereocenters. The maximum atomic E-state index is 12.1. The van der Waals surface area contributed by atoms with E-state index in [0.717, 1.165) is 5.41 Å². The van der Waals surface area contributed by atoms with E-state index >= 15 is 0 Å². The summed E-state index contributed by atoms with van der Waals surface area (Å²) in [6.45, 7) is 0. The van der Waals surface area contributed by atoms with E-state index in [1.54, 1.807) is 24.3 Å². The highest BCUT2D eigenvalue weighted by Crippen LogP contribution is 2.24. The smallest absolute Gasteiger partial charge is 0.255 e. The predicted molar refractivity (Wildman–Crippen MR) is 93.0 cm³/mol. The number of nitrogens with two attached hydrogens (primary N) is 1. The summed E-state index contributed by atoms with van der Waals surface area (Å²) in [6.07, 6.45) is 1.41. The van der Waals surface area contributed by atoms with Crippen molar-refractivity contribution in [3.8, 4) is 0 Å². The van der Waals surface area contributed by atoms with Gasteiger partial charge in [0.05, 0.1) is 16.1 Å². The molecule has 0 saturated carbocycles. The Hall–Kier alpha value is -2.02. The quantitative estimate of drug-likeness (QED) is 0.843. The van der Waals surface area contributed by atoms with E-state index in [0.29, 0.717) is 10.6 Å². The van der Waals surface area contributed by atoms with Crippen LogP contribution in [0.25, 0.3) is 6.08 Å². The van der Waals surface area contributed by atoms with Gasteiger partial charge in [0.1, 0.15) is 0 Å². The molecule has 0 spiro atoms. The Bertz CT molecular complexity index is 863. The number of sulfonamides is 1. The first-order chi connectivity index (χ1) is 10.8. The van der Waals surface area contributed by atoms with Crippen LogP contribution in [0.4, 0.5) is 5.69 Å². The molecule has 0 radical (unpaired) electrons. The second-order valence-electron chi connectivity index (χ2n) is 4.56. The average Bonchev–Trinajstić information content (AvgIpc) is 2.48. The van der Waals surface area contributed by atoms with Crippen molar-refractivity contribution in [3.63, 3.8) is 0 Å². The fourth-order valence-corrected chi connectivity index (χ4v) is 2.91. The van der Waals surface area contributed by atoms with Gasteiger partial charge in [-0.15, -0.1) is 0 Å². The van der Waals surface area contributed by atoms with E-state index in [-0.39, 0.29) is 16.3 Å². The van der Waals surface area contributed by atoms with Crippen molar-refractivity contribution in [3.05, 3.63) is 69.0 Å². The number of anilines is 1. The Morgan fingerprint density at radius 3 is 2.35 bits per heavy atom. The molecule has 0 saturated heterocycles. The highest BCUT2D eigenvalue weighted by atomic mass is 35.5. The van der Waals surface area contributed by atoms with Gasteiger partial charge >= 0.3 is 0 Å². The number of carbonyl (C=O) groups is 1. The summed E-state index contributed by atoms with van der Waals surface area (Å²) >= 11 is 11.7. The summed E-state index contributed by atoms with van der Waals surface area (Å²) < 4.78 is 26.4. The normalized spacial score (nSPS) is 11.6. The van der Waals surface area contributed by atoms with Crippen LogP contribution in [0.5, 0.6) is 0 Å². The van der Waals surface area contributed by atoms with E-state index in [9.17, 15) is 13.2 Å². The first kappa shape index (κ1) is 17.3. The first-order valence-electron chi connectivity index (χ1n) is 6.33. The van der Waals surface area contributed by atoms with E-state index in [1.165, 1.54) is 24.3 Å². The zero-order chi connectivity index (χ0) is 17.0. The Kier molecular flexibility index (Phi) is 5.30. The van der Waals surface area contributed by atoms with E-state index in [1.807, 2.05) is 0 Å². The molecule has 8 heteroatoms. The third kappa shape index (κ3) is 4.99. The number of benzene rings is 2. The molecule has 1 amide bonds. The van der Waals surface area contributed by atoms with Crippen molar-refractivity contribution in [2.24, 2.45) is 5.73 Å². The molecular weight excluding hydrogens is 359 g/mol. The fraction of sp³-hybridized carbons (Fsp3) is 0. The third-order valence-corrected chi connectivity index (χ3v) is 4.39. The van der Waals surface area contributed by atoms with Crippen LogP contribution in [0.2, 0.25) is 10.0 Å². The van der Waals surface area contributed by atoms with Crippen molar-refractivity contribution < 1.29 is 13.2 Å². The second kappa shape index (κ2) is 7.04. The van der Waals surface area contributed by atoms with Crippen LogP contribution in [0.1, 0.15) is 15.9 Å². The van der Waals surface area contributed by atoms with Crippen molar-refractivity contribution in [1.29, 1.82) is 0 Å². The number of amides is 1. The minimum atomic E-state index is -3.81. The van der Waals surface area contributed by atoms with Crippen molar-refractivity contribution >= 4 is 50.9 Å². The molecule has 0 atom stereocenters. The van der Waals surface area contributed by atoms with Gasteiger partial charge in [0.25, 0.3) is 10.0 Å². The molecule has 0 aromatic heterocycles. The molecule has 0 aliphatic rings. The number of primary amides is 1. The molecule has 2 aromatic carbocycles. The van der Waals surface area contributed by atoms with Crippen LogP contribution in [0.3, 0.4) is 0 Å². The van der Waals surface area contributed by atoms with Gasteiger partial charge < -0.3 is 5.73 Å². The van der Waals surface area contributed by atoms with Crippen LogP contribution in [-0.2, 0) is 10.0 Å². The van der Waals surface area contributed by atoms with E-state index < -0.39 is 15.9 Å². The van der Waals surface area contributed by atoms with Gasteiger partial charge in [-0.3, -0.25) is 9.52 Å². The Morgan fingerprint density at radius 1 is 1.09 bits per heavy atom. The Balaban J connectivity index is 2.22. The lowest BCUT2D eigenvalue weighted by Crippen LogP contribution is -2.13. The molecular formula is C15H12Cl2N2O3S. The van der Waals surface area contributed by atoms with Crippen molar-refractivity contribution in [2.75, 3.05) is 4.72 Å². The average molecular weight is 371 g/mol. The summed E-state index contributed by atoms with van der Waals surface area (Å²) in [5.41, 5.74) is 6.04. The van der Waals surface area contributed by atoms with Crippen LogP contribution < -0.4 is 10.5 Å². The lowest BCUT2D eigenvalue weighted by molar-refractivity contribution is 0.100. The fourth-order valence-electron chi connectivity index (χ4n) is 1.69. The van der Waals surface area contributed by atoms with Crippen LogP contribution in [-0.4, -0.2) is 14.3 Å². The van der Waals surface area contributed by atoms with Gasteiger partial charge in [0.2, 0.25) is 5.91 Å². The van der Waals surface area contributed by atoms with Crippen LogP contribution >= 0.6 is 23.2 Å². The lowest BCUT2D eigenvalue weighted by atomic mass is 10.2. The number of carbonyl (C=O) groups excluding carboxylic acids is 1. The summed E-state index contributed by atoms with van der Waals surface area (Å²) in [5, 5.41) is 1.69. The molecule has 0 aliphatic carbocycles. The highest BCUT2D eigenvalue weighted by molar-refractivity contribution is 7.95. The molecule has 0 bridgehead atoms. The van der Waals surface area contributed by atoms with Gasteiger partial charge in [-0.2, -0.15) is 0 Å². The second-order valence-corrected chi connectivity index (χ2v) is 6.97. The maximum absolute atomic E-state index is 12.1. The van der Waals surface area contributed by atoms with E-state index in [4.69, 9.17) is 28.9 Å². The van der Waals surface area contributed by atoms with Crippen LogP contribution in [0, 0.1) is 0 Å². The topological polar surface area (TPSA) is 89.3 Å². The Morgan fingerprint density at radius 2 is 1.74 bits per heavy atom. The SMILES string of the molecule is NC(=O)c1ccc(Cl)c(NS(=O)(=O)/C=C/c2ccc(Cl)cc2)c1. The number of nitrogens with one attached hydrogen (secondary N) is 1. The molecule has 23 heavy (non-hydrogen) atoms. The van der Waals surface area contributed by atoms with Crippen molar-refractivity contribution in [2.45, 2.75) is 0 Å². The zero-order valence-electron chi connectivity index (χ0n) is 11.7. The maximum Gasteiger partial charge on any atom is 0.255 e. The molecule has 3 N–H and O–H groups in total. The minimum absolute atomic E-state index is 0.0729. The first-order valence-corrected chi connectivity index (χ1v) is 8.63. The van der Waals surface area contributed by atoms with Gasteiger partial charge in [0.15, 0.2) is 0 Å². The summed E-state index contributed by atoms with van der Waals surface area (Å²) in [6, 6.07) is 10.7. The molecule has 0 aliphatic heterocycles. The van der Waals surface area contributed by atoms with Gasteiger partial charge in [-0.1, -0.05) is 35.3 Å². The zero-order valence-corrected chi connectivity index (χ0v) is 14.0. The number of hydrogen-bond acceptors (Lipinski definition) is 3. The molecule has 5 nitrogen and oxygen atoms in total. The monoisotopic (exact) mass is 370 g/mol. The van der Waals surface area contributed by atoms with Crippen molar-refractivity contribution in [1.82, 2.24) is 0 Å². The molecule has 120 valence electrons. The number of halogens is 2. The summed E-state index contributed by atoms with van der Waals surface area (Å²) in [4.78, 5) is 11.1. The largest absolute Gasteiger partial charge is 0.366 e. The molecule has 2 rings (SSSR count).